The number of hydrogen-bond donors (Lipinski definition) is 1. The van der Waals surface area contributed by atoms with Gasteiger partial charge in [0.15, 0.2) is 4.67 Å². The van der Waals surface area contributed by atoms with E-state index < -0.39 is 0 Å². The van der Waals surface area contributed by atoms with Crippen molar-refractivity contribution < 1.29 is 4.42 Å². The normalized spacial score (nSPS) is 22.2. The molecule has 1 atom stereocenters. The molecular weight excluding hydrogens is 256 g/mol. The SMILES string of the molecule is CN(Cc1ccc(Br)o1)C1CCCNC1. The van der Waals surface area contributed by atoms with Gasteiger partial charge in [-0.2, -0.15) is 0 Å². The van der Waals surface area contributed by atoms with Crippen LogP contribution in [0.25, 0.3) is 0 Å². The first kappa shape index (κ1) is 11.2. The van der Waals surface area contributed by atoms with Crippen molar-refractivity contribution in [2.24, 2.45) is 0 Å². The molecule has 1 aromatic heterocycles. The van der Waals surface area contributed by atoms with E-state index >= 15 is 0 Å². The zero-order valence-electron chi connectivity index (χ0n) is 9.00. The Balaban J connectivity index is 1.88. The average molecular weight is 273 g/mol. The maximum atomic E-state index is 5.50. The zero-order chi connectivity index (χ0) is 10.7. The monoisotopic (exact) mass is 272 g/mol. The molecule has 1 unspecified atom stereocenters. The van der Waals surface area contributed by atoms with Crippen LogP contribution in [0, 0.1) is 0 Å². The topological polar surface area (TPSA) is 28.4 Å². The summed E-state index contributed by atoms with van der Waals surface area (Å²) in [6.45, 7) is 3.15. The summed E-state index contributed by atoms with van der Waals surface area (Å²) < 4.78 is 6.31. The lowest BCUT2D eigenvalue weighted by atomic mass is 10.1. The van der Waals surface area contributed by atoms with Crippen molar-refractivity contribution in [3.63, 3.8) is 0 Å². The predicted octanol–water partition coefficient (Wildman–Crippen LogP) is 2.23. The van der Waals surface area contributed by atoms with Crippen LogP contribution in [-0.2, 0) is 6.54 Å². The Labute approximate surface area is 99.0 Å². The van der Waals surface area contributed by atoms with Crippen LogP contribution < -0.4 is 5.32 Å². The number of nitrogens with zero attached hydrogens (tertiary/aromatic N) is 1. The molecule has 2 heterocycles. The number of nitrogens with one attached hydrogen (secondary N) is 1. The minimum atomic E-state index is 0.641. The van der Waals surface area contributed by atoms with Crippen molar-refractivity contribution in [1.82, 2.24) is 10.2 Å². The van der Waals surface area contributed by atoms with Gasteiger partial charge in [0, 0.05) is 12.6 Å². The molecule has 0 bridgehead atoms. The summed E-state index contributed by atoms with van der Waals surface area (Å²) in [6.07, 6.45) is 2.56. The van der Waals surface area contributed by atoms with Gasteiger partial charge >= 0.3 is 0 Å². The molecule has 84 valence electrons. The lowest BCUT2D eigenvalue weighted by Crippen LogP contribution is -2.43. The number of hydrogen-bond acceptors (Lipinski definition) is 3. The molecule has 1 aliphatic rings. The third kappa shape index (κ3) is 3.06. The lowest BCUT2D eigenvalue weighted by molar-refractivity contribution is 0.182. The van der Waals surface area contributed by atoms with Gasteiger partial charge in [-0.05, 0) is 54.5 Å². The molecule has 0 aliphatic carbocycles. The van der Waals surface area contributed by atoms with Crippen molar-refractivity contribution >= 4 is 15.9 Å². The van der Waals surface area contributed by atoms with Gasteiger partial charge in [0.2, 0.25) is 0 Å². The molecule has 15 heavy (non-hydrogen) atoms. The molecule has 0 radical (unpaired) electrons. The Kier molecular flexibility index (Phi) is 3.83. The third-order valence-electron chi connectivity index (χ3n) is 2.93. The quantitative estimate of drug-likeness (QED) is 0.915. The van der Waals surface area contributed by atoms with Crippen LogP contribution in [0.2, 0.25) is 0 Å². The Morgan fingerprint density at radius 2 is 2.47 bits per heavy atom. The second-order valence-electron chi connectivity index (χ2n) is 4.12. The molecule has 1 aliphatic heterocycles. The molecule has 1 saturated heterocycles. The maximum Gasteiger partial charge on any atom is 0.169 e. The fraction of sp³-hybridized carbons (Fsp3) is 0.636. The number of furan rings is 1. The van der Waals surface area contributed by atoms with E-state index in [9.17, 15) is 0 Å². The van der Waals surface area contributed by atoms with Crippen LogP contribution in [-0.4, -0.2) is 31.1 Å². The molecule has 0 saturated carbocycles. The molecule has 4 heteroatoms. The van der Waals surface area contributed by atoms with Gasteiger partial charge in [-0.3, -0.25) is 4.90 Å². The highest BCUT2D eigenvalue weighted by atomic mass is 79.9. The number of halogens is 1. The molecule has 3 nitrogen and oxygen atoms in total. The first-order chi connectivity index (χ1) is 7.25. The largest absolute Gasteiger partial charge is 0.453 e. The van der Waals surface area contributed by atoms with Gasteiger partial charge in [-0.15, -0.1) is 0 Å². The zero-order valence-corrected chi connectivity index (χ0v) is 10.6. The summed E-state index contributed by atoms with van der Waals surface area (Å²) >= 11 is 3.32. The van der Waals surface area contributed by atoms with Crippen molar-refractivity contribution in [1.29, 1.82) is 0 Å². The van der Waals surface area contributed by atoms with Gasteiger partial charge in [0.25, 0.3) is 0 Å². The summed E-state index contributed by atoms with van der Waals surface area (Å²) in [5, 5.41) is 3.43. The number of rotatable bonds is 3. The molecule has 2 rings (SSSR count). The summed E-state index contributed by atoms with van der Waals surface area (Å²) in [5.74, 6) is 1.02. The van der Waals surface area contributed by atoms with Gasteiger partial charge in [-0.25, -0.2) is 0 Å². The second-order valence-corrected chi connectivity index (χ2v) is 4.90. The fourth-order valence-electron chi connectivity index (χ4n) is 2.02. The van der Waals surface area contributed by atoms with E-state index in [1.165, 1.54) is 12.8 Å². The third-order valence-corrected chi connectivity index (χ3v) is 3.35. The van der Waals surface area contributed by atoms with E-state index in [1.54, 1.807) is 0 Å². The van der Waals surface area contributed by atoms with Crippen LogP contribution in [0.1, 0.15) is 18.6 Å². The minimum Gasteiger partial charge on any atom is -0.453 e. The maximum absolute atomic E-state index is 5.50. The highest BCUT2D eigenvalue weighted by molar-refractivity contribution is 9.10. The van der Waals surface area contributed by atoms with Crippen LogP contribution in [0.5, 0.6) is 0 Å². The van der Waals surface area contributed by atoms with Crippen molar-refractivity contribution in [2.75, 3.05) is 20.1 Å². The average Bonchev–Trinajstić information content (AvgIpc) is 2.65. The molecule has 0 amide bonds. The Morgan fingerprint density at radius 3 is 3.07 bits per heavy atom. The molecule has 1 fully saturated rings. The molecule has 0 spiro atoms. The van der Waals surface area contributed by atoms with Gasteiger partial charge in [-0.1, -0.05) is 0 Å². The van der Waals surface area contributed by atoms with Crippen LogP contribution in [0.4, 0.5) is 0 Å². The summed E-state index contributed by atoms with van der Waals surface area (Å²) in [5.41, 5.74) is 0. The van der Waals surface area contributed by atoms with Crippen LogP contribution in [0.3, 0.4) is 0 Å². The van der Waals surface area contributed by atoms with E-state index in [1.807, 2.05) is 12.1 Å². The second kappa shape index (κ2) is 5.14. The highest BCUT2D eigenvalue weighted by Gasteiger charge is 2.18. The summed E-state index contributed by atoms with van der Waals surface area (Å²) in [6, 6.07) is 4.61. The predicted molar refractivity (Wildman–Crippen MR) is 63.8 cm³/mol. The standard InChI is InChI=1S/C11H17BrN2O/c1-14(9-3-2-6-13-7-9)8-10-4-5-11(12)15-10/h4-5,9,13H,2-3,6-8H2,1H3. The van der Waals surface area contributed by atoms with Crippen molar-refractivity contribution in [3.8, 4) is 0 Å². The smallest absolute Gasteiger partial charge is 0.169 e. The minimum absolute atomic E-state index is 0.641. The summed E-state index contributed by atoms with van der Waals surface area (Å²) in [7, 11) is 2.16. The van der Waals surface area contributed by atoms with Crippen LogP contribution in [0.15, 0.2) is 21.2 Å². The first-order valence-electron chi connectivity index (χ1n) is 5.41. The van der Waals surface area contributed by atoms with E-state index in [0.29, 0.717) is 6.04 Å². The van der Waals surface area contributed by atoms with E-state index in [-0.39, 0.29) is 0 Å². The number of piperidine rings is 1. The van der Waals surface area contributed by atoms with Crippen LogP contribution >= 0.6 is 15.9 Å². The Bertz CT molecular complexity index is 307. The fourth-order valence-corrected chi connectivity index (χ4v) is 2.36. The first-order valence-corrected chi connectivity index (χ1v) is 6.20. The van der Waals surface area contributed by atoms with E-state index in [4.69, 9.17) is 4.42 Å². The molecule has 0 aromatic carbocycles. The Morgan fingerprint density at radius 1 is 1.60 bits per heavy atom. The number of likely N-dealkylation sites (N-methyl/N-ethyl adjacent to an activating group) is 1. The van der Waals surface area contributed by atoms with Gasteiger partial charge < -0.3 is 9.73 Å². The van der Waals surface area contributed by atoms with Crippen molar-refractivity contribution in [3.05, 3.63) is 22.6 Å². The van der Waals surface area contributed by atoms with Crippen molar-refractivity contribution in [2.45, 2.75) is 25.4 Å². The van der Waals surface area contributed by atoms with E-state index in [2.05, 4.69) is 33.2 Å². The molecule has 1 N–H and O–H groups in total. The van der Waals surface area contributed by atoms with Gasteiger partial charge in [0.05, 0.1) is 6.54 Å². The summed E-state index contributed by atoms with van der Waals surface area (Å²) in [4.78, 5) is 2.36. The lowest BCUT2D eigenvalue weighted by Gasteiger charge is -2.30. The highest BCUT2D eigenvalue weighted by Crippen LogP contribution is 2.17. The van der Waals surface area contributed by atoms with Gasteiger partial charge in [0.1, 0.15) is 5.76 Å². The Hall–Kier alpha value is -0.320. The molecule has 1 aromatic rings. The molecular formula is C11H17BrN2O. The van der Waals surface area contributed by atoms with E-state index in [0.717, 1.165) is 30.1 Å².